The van der Waals surface area contributed by atoms with Crippen LogP contribution in [0.5, 0.6) is 5.75 Å². The lowest BCUT2D eigenvalue weighted by Gasteiger charge is -2.27. The number of halogens is 1. The number of ether oxygens (including phenoxy) is 1. The first-order valence-electron chi connectivity index (χ1n) is 8.50. The number of anilines is 1. The highest BCUT2D eigenvalue weighted by Gasteiger charge is 2.24. The summed E-state index contributed by atoms with van der Waals surface area (Å²) in [6.45, 7) is 6.70. The first-order valence-corrected chi connectivity index (χ1v) is 9.29. The molecule has 2 aromatic heterocycles. The van der Waals surface area contributed by atoms with Gasteiger partial charge in [0, 0.05) is 16.5 Å². The average Bonchev–Trinajstić information content (AvgIpc) is 3.00. The number of rotatable bonds is 2. The van der Waals surface area contributed by atoms with Gasteiger partial charge in [-0.15, -0.1) is 0 Å². The normalized spacial score (nSPS) is 17.0. The van der Waals surface area contributed by atoms with Gasteiger partial charge < -0.3 is 10.1 Å². The third kappa shape index (κ3) is 2.98. The predicted octanol–water partition coefficient (Wildman–Crippen LogP) is 3.57. The zero-order chi connectivity index (χ0) is 18.5. The molecular weight excluding hydrogens is 398 g/mol. The Labute approximate surface area is 158 Å². The zero-order valence-electron chi connectivity index (χ0n) is 14.8. The number of aromatic nitrogens is 4. The fourth-order valence-corrected chi connectivity index (χ4v) is 3.54. The standard InChI is InChI=1S/C18H20BrN5O2/c1-18(2,3)24-15-12(9-20-24)16(25)23-17(22-15)21-13-6-7-26-14-5-4-10(19)8-11(13)14/h4-5,8-9,13H,6-7H2,1-3H3,(H2,21,22,23,25). The van der Waals surface area contributed by atoms with Crippen LogP contribution >= 0.6 is 15.9 Å². The number of fused-ring (bicyclic) bond motifs is 2. The van der Waals surface area contributed by atoms with E-state index in [0.717, 1.165) is 22.2 Å². The highest BCUT2D eigenvalue weighted by Crippen LogP contribution is 2.35. The van der Waals surface area contributed by atoms with E-state index in [1.54, 1.807) is 10.9 Å². The second kappa shape index (κ2) is 6.12. The Morgan fingerprint density at radius 1 is 1.38 bits per heavy atom. The summed E-state index contributed by atoms with van der Waals surface area (Å²) >= 11 is 3.51. The van der Waals surface area contributed by atoms with Gasteiger partial charge in [0.25, 0.3) is 5.56 Å². The van der Waals surface area contributed by atoms with E-state index in [1.165, 1.54) is 0 Å². The van der Waals surface area contributed by atoms with Crippen molar-refractivity contribution in [2.45, 2.75) is 38.8 Å². The van der Waals surface area contributed by atoms with Gasteiger partial charge >= 0.3 is 0 Å². The smallest absolute Gasteiger partial charge is 0.263 e. The van der Waals surface area contributed by atoms with Crippen molar-refractivity contribution in [2.75, 3.05) is 11.9 Å². The lowest BCUT2D eigenvalue weighted by molar-refractivity contribution is 0.274. The molecule has 1 aliphatic heterocycles. The van der Waals surface area contributed by atoms with Gasteiger partial charge in [-0.3, -0.25) is 9.78 Å². The van der Waals surface area contributed by atoms with Crippen LogP contribution in [0, 0.1) is 0 Å². The van der Waals surface area contributed by atoms with E-state index in [9.17, 15) is 4.79 Å². The molecule has 4 rings (SSSR count). The summed E-state index contributed by atoms with van der Waals surface area (Å²) in [7, 11) is 0. The van der Waals surface area contributed by atoms with Crippen LogP contribution in [-0.4, -0.2) is 26.4 Å². The molecule has 0 spiro atoms. The van der Waals surface area contributed by atoms with Crippen LogP contribution in [0.15, 0.2) is 33.7 Å². The van der Waals surface area contributed by atoms with Crippen molar-refractivity contribution in [3.05, 3.63) is 44.8 Å². The Hall–Kier alpha value is -2.35. The molecule has 0 saturated carbocycles. The Kier molecular flexibility index (Phi) is 4.02. The van der Waals surface area contributed by atoms with Crippen molar-refractivity contribution in [2.24, 2.45) is 0 Å². The van der Waals surface area contributed by atoms with Gasteiger partial charge in [-0.2, -0.15) is 10.1 Å². The van der Waals surface area contributed by atoms with Gasteiger partial charge in [-0.1, -0.05) is 15.9 Å². The molecule has 2 N–H and O–H groups in total. The molecular formula is C18H20BrN5O2. The third-order valence-electron chi connectivity index (χ3n) is 4.40. The maximum atomic E-state index is 12.5. The van der Waals surface area contributed by atoms with Crippen LogP contribution in [-0.2, 0) is 5.54 Å². The van der Waals surface area contributed by atoms with Crippen molar-refractivity contribution in [3.8, 4) is 5.75 Å². The molecule has 1 atom stereocenters. The van der Waals surface area contributed by atoms with Crippen molar-refractivity contribution in [1.82, 2.24) is 19.7 Å². The second-order valence-corrected chi connectivity index (χ2v) is 8.31. The minimum absolute atomic E-state index is 0.00265. The lowest BCUT2D eigenvalue weighted by atomic mass is 10.0. The monoisotopic (exact) mass is 417 g/mol. The van der Waals surface area contributed by atoms with Crippen LogP contribution in [0.25, 0.3) is 11.0 Å². The van der Waals surface area contributed by atoms with E-state index in [0.29, 0.717) is 23.6 Å². The molecule has 8 heteroatoms. The van der Waals surface area contributed by atoms with E-state index in [4.69, 9.17) is 4.74 Å². The molecule has 7 nitrogen and oxygen atoms in total. The van der Waals surface area contributed by atoms with Crippen LogP contribution in [0.1, 0.15) is 38.8 Å². The maximum absolute atomic E-state index is 12.5. The molecule has 0 amide bonds. The number of hydrogen-bond acceptors (Lipinski definition) is 5. The molecule has 1 unspecified atom stereocenters. The molecule has 1 aliphatic rings. The Balaban J connectivity index is 1.75. The summed E-state index contributed by atoms with van der Waals surface area (Å²) in [6, 6.07) is 5.93. The van der Waals surface area contributed by atoms with Crippen LogP contribution in [0.2, 0.25) is 0 Å². The summed E-state index contributed by atoms with van der Waals surface area (Å²) in [5.41, 5.74) is 1.15. The molecule has 3 aromatic rings. The van der Waals surface area contributed by atoms with E-state index >= 15 is 0 Å². The number of aromatic amines is 1. The highest BCUT2D eigenvalue weighted by molar-refractivity contribution is 9.10. The Bertz CT molecular complexity index is 1030. The first-order chi connectivity index (χ1) is 12.3. The van der Waals surface area contributed by atoms with Gasteiger partial charge in [0.05, 0.1) is 24.4 Å². The molecule has 0 fully saturated rings. The lowest BCUT2D eigenvalue weighted by Crippen LogP contribution is -2.25. The largest absolute Gasteiger partial charge is 0.493 e. The van der Waals surface area contributed by atoms with Gasteiger partial charge in [-0.05, 0) is 39.0 Å². The first kappa shape index (κ1) is 17.1. The summed E-state index contributed by atoms with van der Waals surface area (Å²) in [6.07, 6.45) is 2.35. The summed E-state index contributed by atoms with van der Waals surface area (Å²) in [5.74, 6) is 1.28. The van der Waals surface area contributed by atoms with Crippen LogP contribution in [0.3, 0.4) is 0 Å². The maximum Gasteiger partial charge on any atom is 0.263 e. The summed E-state index contributed by atoms with van der Waals surface area (Å²) in [4.78, 5) is 19.9. The summed E-state index contributed by atoms with van der Waals surface area (Å²) < 4.78 is 8.48. The van der Waals surface area contributed by atoms with Crippen molar-refractivity contribution in [3.63, 3.8) is 0 Å². The van der Waals surface area contributed by atoms with Crippen molar-refractivity contribution >= 4 is 32.9 Å². The molecule has 26 heavy (non-hydrogen) atoms. The van der Waals surface area contributed by atoms with Gasteiger partial charge in [0.15, 0.2) is 5.65 Å². The average molecular weight is 418 g/mol. The molecule has 0 saturated heterocycles. The number of H-pyrrole nitrogens is 1. The van der Waals surface area contributed by atoms with Crippen molar-refractivity contribution < 1.29 is 4.74 Å². The van der Waals surface area contributed by atoms with Gasteiger partial charge in [0.1, 0.15) is 11.1 Å². The number of hydrogen-bond donors (Lipinski definition) is 2. The fraction of sp³-hybridized carbons (Fsp3) is 0.389. The minimum Gasteiger partial charge on any atom is -0.493 e. The fourth-order valence-electron chi connectivity index (χ4n) is 3.16. The minimum atomic E-state index is -0.268. The number of nitrogens with one attached hydrogen (secondary N) is 2. The van der Waals surface area contributed by atoms with Crippen molar-refractivity contribution in [1.29, 1.82) is 0 Å². The molecule has 0 radical (unpaired) electrons. The SMILES string of the molecule is CC(C)(C)n1ncc2c(=O)[nH]c(NC3CCOc4ccc(Br)cc43)nc21. The molecule has 0 bridgehead atoms. The molecule has 3 heterocycles. The Morgan fingerprint density at radius 3 is 2.96 bits per heavy atom. The van der Waals surface area contributed by atoms with Crippen LogP contribution < -0.4 is 15.6 Å². The molecule has 1 aromatic carbocycles. The highest BCUT2D eigenvalue weighted by atomic mass is 79.9. The third-order valence-corrected chi connectivity index (χ3v) is 4.89. The zero-order valence-corrected chi connectivity index (χ0v) is 16.4. The van der Waals surface area contributed by atoms with E-state index < -0.39 is 0 Å². The molecule has 0 aliphatic carbocycles. The number of nitrogens with zero attached hydrogens (tertiary/aromatic N) is 3. The predicted molar refractivity (Wildman–Crippen MR) is 104 cm³/mol. The van der Waals surface area contributed by atoms with E-state index in [1.807, 2.05) is 39.0 Å². The topological polar surface area (TPSA) is 84.8 Å². The van der Waals surface area contributed by atoms with Gasteiger partial charge in [-0.25, -0.2) is 4.68 Å². The second-order valence-electron chi connectivity index (χ2n) is 7.40. The summed E-state index contributed by atoms with van der Waals surface area (Å²) in [5, 5.41) is 8.19. The quantitative estimate of drug-likeness (QED) is 0.665. The van der Waals surface area contributed by atoms with E-state index in [2.05, 4.69) is 36.3 Å². The molecule has 136 valence electrons. The Morgan fingerprint density at radius 2 is 2.19 bits per heavy atom. The van der Waals surface area contributed by atoms with Crippen LogP contribution in [0.4, 0.5) is 5.95 Å². The number of benzene rings is 1. The van der Waals surface area contributed by atoms with Gasteiger partial charge in [0.2, 0.25) is 5.95 Å². The van der Waals surface area contributed by atoms with E-state index in [-0.39, 0.29) is 17.1 Å².